The molecule has 1 aromatic carbocycles. The summed E-state index contributed by atoms with van der Waals surface area (Å²) >= 11 is 1.06. The van der Waals surface area contributed by atoms with Crippen molar-refractivity contribution in [3.8, 4) is 11.8 Å². The minimum atomic E-state index is -0.574. The zero-order valence-electron chi connectivity index (χ0n) is 9.55. The van der Waals surface area contributed by atoms with E-state index in [1.54, 1.807) is 0 Å². The molecule has 0 atom stereocenters. The first-order chi connectivity index (χ1) is 9.20. The molecular weight excluding hydrogens is 269 g/mol. The lowest BCUT2D eigenvalue weighted by molar-refractivity contribution is 0.102. The van der Waals surface area contributed by atoms with Gasteiger partial charge < -0.3 is 10.4 Å². The van der Waals surface area contributed by atoms with Crippen LogP contribution in [0.3, 0.4) is 0 Å². The van der Waals surface area contributed by atoms with E-state index in [2.05, 4.69) is 26.7 Å². The second-order valence-corrected chi connectivity index (χ2v) is 4.01. The molecule has 0 bridgehead atoms. The van der Waals surface area contributed by atoms with Crippen LogP contribution in [0.25, 0.3) is 0 Å². The highest BCUT2D eigenvalue weighted by Crippen LogP contribution is 2.14. The number of hydrogen-bond donors (Lipinski definition) is 2. The summed E-state index contributed by atoms with van der Waals surface area (Å²) in [4.78, 5) is 11.7. The van der Waals surface area contributed by atoms with E-state index in [4.69, 9.17) is 5.11 Å². The highest BCUT2D eigenvalue weighted by molar-refractivity contribution is 7.03. The highest BCUT2D eigenvalue weighted by Gasteiger charge is 2.10. The summed E-state index contributed by atoms with van der Waals surface area (Å²) in [5, 5.41) is 16.1. The van der Waals surface area contributed by atoms with Crippen molar-refractivity contribution in [1.29, 1.82) is 0 Å². The fraction of sp³-hybridized carbons (Fsp3) is 0.0833. The van der Waals surface area contributed by atoms with Gasteiger partial charge in [0.2, 0.25) is 0 Å². The molecule has 0 saturated carbocycles. The molecule has 96 valence electrons. The average molecular weight is 277 g/mol. The Morgan fingerprint density at radius 2 is 2.37 bits per heavy atom. The third-order valence-electron chi connectivity index (χ3n) is 2.12. The maximum Gasteiger partial charge on any atom is 0.277 e. The molecule has 0 radical (unpaired) electrons. The van der Waals surface area contributed by atoms with Crippen LogP contribution in [0.1, 0.15) is 16.1 Å². The molecule has 1 aromatic heterocycles. The fourth-order valence-corrected chi connectivity index (χ4v) is 1.72. The van der Waals surface area contributed by atoms with Crippen molar-refractivity contribution in [2.75, 3.05) is 11.9 Å². The summed E-state index contributed by atoms with van der Waals surface area (Å²) < 4.78 is 17.2. The van der Waals surface area contributed by atoms with E-state index in [1.165, 1.54) is 17.5 Å². The van der Waals surface area contributed by atoms with Crippen LogP contribution in [-0.4, -0.2) is 27.2 Å². The van der Waals surface area contributed by atoms with E-state index in [0.717, 1.165) is 17.6 Å². The Balaban J connectivity index is 2.14. The van der Waals surface area contributed by atoms with Gasteiger partial charge in [-0.1, -0.05) is 16.3 Å². The van der Waals surface area contributed by atoms with Crippen molar-refractivity contribution >= 4 is 23.1 Å². The number of halogens is 1. The van der Waals surface area contributed by atoms with Crippen LogP contribution in [-0.2, 0) is 0 Å². The van der Waals surface area contributed by atoms with Crippen LogP contribution < -0.4 is 5.32 Å². The predicted molar refractivity (Wildman–Crippen MR) is 68.2 cm³/mol. The number of rotatable bonds is 2. The van der Waals surface area contributed by atoms with Crippen LogP contribution in [0, 0.1) is 17.7 Å². The number of aromatic nitrogens is 2. The van der Waals surface area contributed by atoms with Crippen molar-refractivity contribution in [2.24, 2.45) is 0 Å². The topological polar surface area (TPSA) is 75.1 Å². The number of benzene rings is 1. The summed E-state index contributed by atoms with van der Waals surface area (Å²) in [6, 6.07) is 4.09. The largest absolute Gasteiger partial charge is 0.384 e. The van der Waals surface area contributed by atoms with Gasteiger partial charge >= 0.3 is 0 Å². The van der Waals surface area contributed by atoms with Crippen LogP contribution in [0.2, 0.25) is 0 Å². The normalized spacial score (nSPS) is 9.58. The molecule has 7 heteroatoms. The quantitative estimate of drug-likeness (QED) is 0.811. The van der Waals surface area contributed by atoms with Gasteiger partial charge in [-0.2, -0.15) is 0 Å². The van der Waals surface area contributed by atoms with E-state index in [1.807, 2.05) is 0 Å². The number of carbonyl (C=O) groups excluding carboxylic acids is 1. The number of anilines is 1. The van der Waals surface area contributed by atoms with Gasteiger partial charge in [0.05, 0.1) is 5.56 Å². The molecule has 0 unspecified atom stereocenters. The number of carbonyl (C=O) groups is 1. The third-order valence-corrected chi connectivity index (χ3v) is 2.63. The molecular formula is C12H8FN3O2S. The lowest BCUT2D eigenvalue weighted by atomic mass is 10.2. The van der Waals surface area contributed by atoms with Gasteiger partial charge in [0.25, 0.3) is 5.91 Å². The smallest absolute Gasteiger partial charge is 0.277 e. The standard InChI is InChI=1S/C12H8FN3O2S/c13-10-6-9(4-3-8(10)2-1-5-17)14-12(18)11-7-19-16-15-11/h3-4,6-7,17H,5H2,(H,14,18). The lowest BCUT2D eigenvalue weighted by Crippen LogP contribution is -2.12. The van der Waals surface area contributed by atoms with Gasteiger partial charge in [0.1, 0.15) is 12.4 Å². The Labute approximate surface area is 112 Å². The second kappa shape index (κ2) is 6.04. The summed E-state index contributed by atoms with van der Waals surface area (Å²) in [6.07, 6.45) is 0. The van der Waals surface area contributed by atoms with E-state index in [9.17, 15) is 9.18 Å². The number of nitrogens with zero attached hydrogens (tertiary/aromatic N) is 2. The molecule has 0 saturated heterocycles. The summed E-state index contributed by atoms with van der Waals surface area (Å²) in [5.74, 6) is 3.78. The minimum absolute atomic E-state index is 0.155. The first kappa shape index (κ1) is 13.1. The number of nitrogens with one attached hydrogen (secondary N) is 1. The Morgan fingerprint density at radius 1 is 1.53 bits per heavy atom. The van der Waals surface area contributed by atoms with Crippen molar-refractivity contribution < 1.29 is 14.3 Å². The van der Waals surface area contributed by atoms with Gasteiger partial charge in [-0.05, 0) is 29.7 Å². The number of hydrogen-bond acceptors (Lipinski definition) is 5. The fourth-order valence-electron chi connectivity index (χ4n) is 1.29. The second-order valence-electron chi connectivity index (χ2n) is 3.40. The predicted octanol–water partition coefficient (Wildman–Crippen LogP) is 1.27. The monoisotopic (exact) mass is 277 g/mol. The molecule has 0 aliphatic heterocycles. The third kappa shape index (κ3) is 3.34. The Hall–Kier alpha value is -2.30. The minimum Gasteiger partial charge on any atom is -0.384 e. The zero-order valence-corrected chi connectivity index (χ0v) is 10.4. The van der Waals surface area contributed by atoms with Gasteiger partial charge in [0, 0.05) is 11.1 Å². The van der Waals surface area contributed by atoms with Gasteiger partial charge in [0.15, 0.2) is 5.69 Å². The van der Waals surface area contributed by atoms with Crippen molar-refractivity contribution in [3.05, 3.63) is 40.7 Å². The summed E-state index contributed by atoms with van der Waals surface area (Å²) in [7, 11) is 0. The summed E-state index contributed by atoms with van der Waals surface area (Å²) in [6.45, 7) is -0.339. The molecule has 1 amide bonds. The lowest BCUT2D eigenvalue weighted by Gasteiger charge is -2.03. The molecule has 0 aliphatic rings. The number of amides is 1. The SMILES string of the molecule is O=C(Nc1ccc(C#CCO)c(F)c1)c1csnn1. The Kier molecular flexibility index (Phi) is 4.18. The van der Waals surface area contributed by atoms with Crippen LogP contribution >= 0.6 is 11.5 Å². The van der Waals surface area contributed by atoms with E-state index < -0.39 is 11.7 Å². The van der Waals surface area contributed by atoms with Crippen molar-refractivity contribution in [3.63, 3.8) is 0 Å². The molecule has 2 aromatic rings. The van der Waals surface area contributed by atoms with Gasteiger partial charge in [-0.15, -0.1) is 5.10 Å². The van der Waals surface area contributed by atoms with Gasteiger partial charge in [-0.25, -0.2) is 4.39 Å². The summed E-state index contributed by atoms with van der Waals surface area (Å²) in [5.41, 5.74) is 0.627. The highest BCUT2D eigenvalue weighted by atomic mass is 32.1. The Morgan fingerprint density at radius 3 is 3.00 bits per heavy atom. The first-order valence-corrected chi connectivity index (χ1v) is 6.02. The average Bonchev–Trinajstić information content (AvgIpc) is 2.92. The van der Waals surface area contributed by atoms with Crippen LogP contribution in [0.4, 0.5) is 10.1 Å². The van der Waals surface area contributed by atoms with Crippen molar-refractivity contribution in [1.82, 2.24) is 9.59 Å². The van der Waals surface area contributed by atoms with E-state index in [0.29, 0.717) is 5.69 Å². The van der Waals surface area contributed by atoms with Crippen molar-refractivity contribution in [2.45, 2.75) is 0 Å². The number of aliphatic hydroxyl groups is 1. The molecule has 0 aliphatic carbocycles. The van der Waals surface area contributed by atoms with E-state index >= 15 is 0 Å². The zero-order chi connectivity index (χ0) is 13.7. The first-order valence-electron chi connectivity index (χ1n) is 5.18. The molecule has 2 rings (SSSR count). The molecule has 19 heavy (non-hydrogen) atoms. The van der Waals surface area contributed by atoms with Crippen LogP contribution in [0.15, 0.2) is 23.6 Å². The molecule has 1 heterocycles. The molecule has 2 N–H and O–H groups in total. The Bertz CT molecular complexity index is 647. The van der Waals surface area contributed by atoms with Gasteiger partial charge in [-0.3, -0.25) is 4.79 Å². The number of aliphatic hydroxyl groups excluding tert-OH is 1. The molecule has 5 nitrogen and oxygen atoms in total. The maximum absolute atomic E-state index is 13.6. The van der Waals surface area contributed by atoms with E-state index in [-0.39, 0.29) is 17.9 Å². The molecule has 0 fully saturated rings. The molecule has 0 spiro atoms. The maximum atomic E-state index is 13.6. The van der Waals surface area contributed by atoms with Crippen LogP contribution in [0.5, 0.6) is 0 Å².